The van der Waals surface area contributed by atoms with E-state index in [4.69, 9.17) is 0 Å². The van der Waals surface area contributed by atoms with Crippen LogP contribution >= 0.6 is 0 Å². The lowest BCUT2D eigenvalue weighted by molar-refractivity contribution is -0.885. The average molecular weight is 358 g/mol. The van der Waals surface area contributed by atoms with E-state index in [9.17, 15) is 14.0 Å². The molecule has 0 saturated heterocycles. The fourth-order valence-corrected chi connectivity index (χ4v) is 2.56. The van der Waals surface area contributed by atoms with Crippen molar-refractivity contribution >= 4 is 17.5 Å². The lowest BCUT2D eigenvalue weighted by Gasteiger charge is -2.14. The summed E-state index contributed by atoms with van der Waals surface area (Å²) in [6.07, 6.45) is 1.01. The van der Waals surface area contributed by atoms with E-state index in [1.54, 1.807) is 0 Å². The summed E-state index contributed by atoms with van der Waals surface area (Å²) in [5.41, 5.74) is 2.95. The van der Waals surface area contributed by atoms with Gasteiger partial charge in [-0.25, -0.2) is 4.39 Å². The minimum atomic E-state index is -0.369. The van der Waals surface area contributed by atoms with Gasteiger partial charge < -0.3 is 15.5 Å². The number of halogens is 1. The monoisotopic (exact) mass is 358 g/mol. The Kier molecular flexibility index (Phi) is 7.29. The minimum absolute atomic E-state index is 0.116. The van der Waals surface area contributed by atoms with Gasteiger partial charge in [0.15, 0.2) is 6.54 Å². The molecular weight excluding hydrogens is 333 g/mol. The fraction of sp³-hybridized carbons (Fsp3) is 0.300. The molecule has 0 aliphatic heterocycles. The predicted molar refractivity (Wildman–Crippen MR) is 99.3 cm³/mol. The second-order valence-corrected chi connectivity index (χ2v) is 6.31. The molecule has 0 aliphatic rings. The number of benzene rings is 2. The standard InChI is InChI=1S/C20H24FN3O2/c1-3-15-4-6-16(7-5-15)13-24(2)14-20(26)22-12-19(25)23-18-10-8-17(21)9-11-18/h4-11H,3,12-14H2,1-2H3,(H,22,26)(H,23,25)/p+1. The van der Waals surface area contributed by atoms with Gasteiger partial charge in [-0.05, 0) is 36.2 Å². The van der Waals surface area contributed by atoms with E-state index in [2.05, 4.69) is 41.8 Å². The first-order valence-electron chi connectivity index (χ1n) is 8.67. The molecule has 138 valence electrons. The molecule has 0 spiro atoms. The van der Waals surface area contributed by atoms with Gasteiger partial charge in [0.25, 0.3) is 5.91 Å². The normalized spacial score (nSPS) is 11.7. The van der Waals surface area contributed by atoms with Crippen molar-refractivity contribution < 1.29 is 18.9 Å². The Labute approximate surface area is 153 Å². The van der Waals surface area contributed by atoms with Gasteiger partial charge in [-0.15, -0.1) is 0 Å². The molecule has 6 heteroatoms. The largest absolute Gasteiger partial charge is 0.342 e. The first kappa shape index (κ1) is 19.6. The Bertz CT molecular complexity index is 730. The molecule has 5 nitrogen and oxygen atoms in total. The lowest BCUT2D eigenvalue weighted by Crippen LogP contribution is -3.08. The van der Waals surface area contributed by atoms with Crippen LogP contribution in [0.4, 0.5) is 10.1 Å². The number of aryl methyl sites for hydroxylation is 1. The second kappa shape index (κ2) is 9.68. The molecule has 1 unspecified atom stereocenters. The van der Waals surface area contributed by atoms with Crippen LogP contribution < -0.4 is 15.5 Å². The van der Waals surface area contributed by atoms with Crippen LogP contribution in [0.5, 0.6) is 0 Å². The molecule has 0 radical (unpaired) electrons. The summed E-state index contributed by atoms with van der Waals surface area (Å²) in [4.78, 5) is 24.8. The van der Waals surface area contributed by atoms with E-state index in [0.29, 0.717) is 5.69 Å². The third-order valence-corrected chi connectivity index (χ3v) is 3.97. The highest BCUT2D eigenvalue weighted by atomic mass is 19.1. The van der Waals surface area contributed by atoms with Crippen LogP contribution in [0.25, 0.3) is 0 Å². The maximum Gasteiger partial charge on any atom is 0.275 e. The highest BCUT2D eigenvalue weighted by Crippen LogP contribution is 2.07. The van der Waals surface area contributed by atoms with Crippen LogP contribution in [0.3, 0.4) is 0 Å². The molecule has 0 saturated carbocycles. The van der Waals surface area contributed by atoms with Crippen LogP contribution in [0, 0.1) is 5.82 Å². The van der Waals surface area contributed by atoms with Gasteiger partial charge in [-0.1, -0.05) is 31.2 Å². The second-order valence-electron chi connectivity index (χ2n) is 6.31. The lowest BCUT2D eigenvalue weighted by atomic mass is 10.1. The molecule has 2 aromatic rings. The molecule has 0 aliphatic carbocycles. The van der Waals surface area contributed by atoms with Crippen molar-refractivity contribution in [3.05, 3.63) is 65.5 Å². The van der Waals surface area contributed by atoms with Crippen molar-refractivity contribution in [2.75, 3.05) is 25.5 Å². The quantitative estimate of drug-likeness (QED) is 0.663. The zero-order chi connectivity index (χ0) is 18.9. The molecule has 2 aromatic carbocycles. The Morgan fingerprint density at radius 2 is 1.58 bits per heavy atom. The number of hydrogen-bond acceptors (Lipinski definition) is 2. The van der Waals surface area contributed by atoms with Gasteiger partial charge in [0.2, 0.25) is 5.91 Å². The first-order valence-corrected chi connectivity index (χ1v) is 8.67. The molecule has 0 heterocycles. The summed E-state index contributed by atoms with van der Waals surface area (Å²) < 4.78 is 12.8. The summed E-state index contributed by atoms with van der Waals surface area (Å²) in [6.45, 7) is 3.01. The molecule has 1 atom stereocenters. The van der Waals surface area contributed by atoms with Crippen molar-refractivity contribution in [1.82, 2.24) is 5.32 Å². The fourth-order valence-electron chi connectivity index (χ4n) is 2.56. The Morgan fingerprint density at radius 3 is 2.19 bits per heavy atom. The van der Waals surface area contributed by atoms with E-state index in [0.717, 1.165) is 17.9 Å². The highest BCUT2D eigenvalue weighted by molar-refractivity contribution is 5.94. The number of carbonyl (C=O) groups is 2. The van der Waals surface area contributed by atoms with Crippen LogP contribution in [-0.2, 0) is 22.6 Å². The van der Waals surface area contributed by atoms with Crippen molar-refractivity contribution in [3.8, 4) is 0 Å². The van der Waals surface area contributed by atoms with Gasteiger partial charge >= 0.3 is 0 Å². The number of quaternary nitrogens is 1. The maximum atomic E-state index is 12.8. The van der Waals surface area contributed by atoms with Crippen molar-refractivity contribution in [2.45, 2.75) is 19.9 Å². The Hall–Kier alpha value is -2.73. The molecule has 2 rings (SSSR count). The summed E-state index contributed by atoms with van der Waals surface area (Å²) in [7, 11) is 1.94. The van der Waals surface area contributed by atoms with Crippen molar-refractivity contribution in [1.29, 1.82) is 0 Å². The zero-order valence-electron chi connectivity index (χ0n) is 15.1. The third kappa shape index (κ3) is 6.64. The van der Waals surface area contributed by atoms with Gasteiger partial charge in [0.1, 0.15) is 12.4 Å². The number of nitrogens with one attached hydrogen (secondary N) is 3. The van der Waals surface area contributed by atoms with Crippen molar-refractivity contribution in [3.63, 3.8) is 0 Å². The number of anilines is 1. The molecule has 26 heavy (non-hydrogen) atoms. The number of hydrogen-bond donors (Lipinski definition) is 3. The van der Waals surface area contributed by atoms with E-state index in [1.165, 1.54) is 35.4 Å². The molecule has 0 fully saturated rings. The number of likely N-dealkylation sites (N-methyl/N-ethyl adjacent to an activating group) is 1. The molecule has 0 bridgehead atoms. The Balaban J connectivity index is 1.71. The average Bonchev–Trinajstić information content (AvgIpc) is 2.62. The number of amides is 2. The molecular formula is C20H25FN3O2+. The third-order valence-electron chi connectivity index (χ3n) is 3.97. The van der Waals surface area contributed by atoms with E-state index >= 15 is 0 Å². The first-order chi connectivity index (χ1) is 12.5. The summed E-state index contributed by atoms with van der Waals surface area (Å²) >= 11 is 0. The summed E-state index contributed by atoms with van der Waals surface area (Å²) in [5, 5.41) is 5.20. The van der Waals surface area contributed by atoms with Gasteiger partial charge in [0, 0.05) is 11.3 Å². The predicted octanol–water partition coefficient (Wildman–Crippen LogP) is 1.16. The summed E-state index contributed by atoms with van der Waals surface area (Å²) in [5.74, 6) is -0.911. The topological polar surface area (TPSA) is 62.6 Å². The van der Waals surface area contributed by atoms with Gasteiger partial charge in [0.05, 0.1) is 13.6 Å². The maximum absolute atomic E-state index is 12.8. The van der Waals surface area contributed by atoms with E-state index in [-0.39, 0.29) is 30.7 Å². The highest BCUT2D eigenvalue weighted by Gasteiger charge is 2.12. The summed E-state index contributed by atoms with van der Waals surface area (Å²) in [6, 6.07) is 13.8. The van der Waals surface area contributed by atoms with Gasteiger partial charge in [-0.2, -0.15) is 0 Å². The molecule has 3 N–H and O–H groups in total. The Morgan fingerprint density at radius 1 is 0.962 bits per heavy atom. The molecule has 0 aromatic heterocycles. The molecule has 2 amide bonds. The zero-order valence-corrected chi connectivity index (χ0v) is 15.1. The number of rotatable bonds is 8. The van der Waals surface area contributed by atoms with Crippen molar-refractivity contribution in [2.24, 2.45) is 0 Å². The smallest absolute Gasteiger partial charge is 0.275 e. The van der Waals surface area contributed by atoms with E-state index in [1.807, 2.05) is 7.05 Å². The van der Waals surface area contributed by atoms with Crippen LogP contribution in [-0.4, -0.2) is 32.0 Å². The van der Waals surface area contributed by atoms with Gasteiger partial charge in [-0.3, -0.25) is 9.59 Å². The van der Waals surface area contributed by atoms with Crippen LogP contribution in [0.1, 0.15) is 18.1 Å². The van der Waals surface area contributed by atoms with E-state index < -0.39 is 0 Å². The SMILES string of the molecule is CCc1ccc(C[NH+](C)CC(=O)NCC(=O)Nc2ccc(F)cc2)cc1. The van der Waals surface area contributed by atoms with Crippen LogP contribution in [0.2, 0.25) is 0 Å². The minimum Gasteiger partial charge on any atom is -0.342 e. The van der Waals surface area contributed by atoms with Crippen LogP contribution in [0.15, 0.2) is 48.5 Å². The number of carbonyl (C=O) groups excluding carboxylic acids is 2.